The molecule has 0 amide bonds. The Balaban J connectivity index is 2.44. The predicted octanol–water partition coefficient (Wildman–Crippen LogP) is 2.82. The third-order valence-corrected chi connectivity index (χ3v) is 2.60. The van der Waals surface area contributed by atoms with Crippen molar-refractivity contribution in [3.05, 3.63) is 35.9 Å². The van der Waals surface area contributed by atoms with Gasteiger partial charge < -0.3 is 14.9 Å². The number of ether oxygens (including phenoxy) is 1. The quantitative estimate of drug-likeness (QED) is 0.817. The van der Waals surface area contributed by atoms with Crippen molar-refractivity contribution >= 4 is 16.7 Å². The van der Waals surface area contributed by atoms with Crippen LogP contribution in [0.5, 0.6) is 11.5 Å². The lowest BCUT2D eigenvalue weighted by molar-refractivity contribution is 0.0502. The van der Waals surface area contributed by atoms with E-state index in [9.17, 15) is 15.0 Å². The molecule has 0 heterocycles. The fourth-order valence-corrected chi connectivity index (χ4v) is 1.71. The largest absolute Gasteiger partial charge is 0.508 e. The van der Waals surface area contributed by atoms with Gasteiger partial charge in [0, 0.05) is 0 Å². The van der Waals surface area contributed by atoms with E-state index < -0.39 is 5.97 Å². The molecular weight excluding hydrogens is 232 g/mol. The molecular formula is C14H14O4. The van der Waals surface area contributed by atoms with E-state index >= 15 is 0 Å². The van der Waals surface area contributed by atoms with Crippen LogP contribution in [-0.2, 0) is 4.74 Å². The molecule has 4 heteroatoms. The molecule has 0 spiro atoms. The Morgan fingerprint density at radius 1 is 1.17 bits per heavy atom. The highest BCUT2D eigenvalue weighted by Crippen LogP contribution is 2.28. The van der Waals surface area contributed by atoms with Gasteiger partial charge in [-0.2, -0.15) is 0 Å². The van der Waals surface area contributed by atoms with Crippen LogP contribution in [-0.4, -0.2) is 22.8 Å². The van der Waals surface area contributed by atoms with E-state index in [1.807, 2.05) is 6.92 Å². The Labute approximate surface area is 104 Å². The Bertz CT molecular complexity index is 590. The molecule has 2 aromatic rings. The van der Waals surface area contributed by atoms with Crippen LogP contribution in [0.15, 0.2) is 30.3 Å². The Morgan fingerprint density at radius 2 is 1.94 bits per heavy atom. The minimum atomic E-state index is -0.556. The zero-order valence-corrected chi connectivity index (χ0v) is 10.0. The first-order valence-electron chi connectivity index (χ1n) is 5.74. The highest BCUT2D eigenvalue weighted by molar-refractivity contribution is 5.98. The van der Waals surface area contributed by atoms with Crippen molar-refractivity contribution in [1.82, 2.24) is 0 Å². The summed E-state index contributed by atoms with van der Waals surface area (Å²) in [5.74, 6) is -0.560. The minimum Gasteiger partial charge on any atom is -0.508 e. The molecule has 94 valence electrons. The Kier molecular flexibility index (Phi) is 3.37. The van der Waals surface area contributed by atoms with Crippen LogP contribution in [0.4, 0.5) is 0 Å². The molecule has 0 aliphatic rings. The van der Waals surface area contributed by atoms with Gasteiger partial charge in [0.05, 0.1) is 6.61 Å². The lowest BCUT2D eigenvalue weighted by Crippen LogP contribution is -2.06. The summed E-state index contributed by atoms with van der Waals surface area (Å²) in [4.78, 5) is 11.7. The highest BCUT2D eigenvalue weighted by Gasteiger charge is 2.13. The molecule has 18 heavy (non-hydrogen) atoms. The monoisotopic (exact) mass is 246 g/mol. The molecule has 2 rings (SSSR count). The Morgan fingerprint density at radius 3 is 2.67 bits per heavy atom. The lowest BCUT2D eigenvalue weighted by atomic mass is 10.1. The van der Waals surface area contributed by atoms with E-state index in [-0.39, 0.29) is 17.1 Å². The van der Waals surface area contributed by atoms with Gasteiger partial charge in [0.25, 0.3) is 0 Å². The topological polar surface area (TPSA) is 66.8 Å². The van der Waals surface area contributed by atoms with Crippen molar-refractivity contribution in [2.75, 3.05) is 6.61 Å². The number of hydrogen-bond acceptors (Lipinski definition) is 4. The summed E-state index contributed by atoms with van der Waals surface area (Å²) >= 11 is 0. The number of esters is 1. The van der Waals surface area contributed by atoms with Gasteiger partial charge >= 0.3 is 5.97 Å². The fraction of sp³-hybridized carbons (Fsp3) is 0.214. The molecule has 0 unspecified atom stereocenters. The highest BCUT2D eigenvalue weighted by atomic mass is 16.5. The average Bonchev–Trinajstić information content (AvgIpc) is 2.35. The van der Waals surface area contributed by atoms with Crippen LogP contribution in [0.1, 0.15) is 23.7 Å². The van der Waals surface area contributed by atoms with Crippen molar-refractivity contribution in [3.8, 4) is 11.5 Å². The van der Waals surface area contributed by atoms with Crippen LogP contribution in [0.3, 0.4) is 0 Å². The first-order chi connectivity index (χ1) is 8.61. The van der Waals surface area contributed by atoms with E-state index in [1.54, 1.807) is 6.07 Å². The molecule has 0 aliphatic carbocycles. The molecule has 4 nitrogen and oxygen atoms in total. The van der Waals surface area contributed by atoms with Gasteiger partial charge in [-0.1, -0.05) is 13.0 Å². The van der Waals surface area contributed by atoms with Crippen molar-refractivity contribution in [2.45, 2.75) is 13.3 Å². The molecule has 0 aliphatic heterocycles. The van der Waals surface area contributed by atoms with E-state index in [2.05, 4.69) is 0 Å². The van der Waals surface area contributed by atoms with Crippen LogP contribution >= 0.6 is 0 Å². The zero-order chi connectivity index (χ0) is 13.1. The van der Waals surface area contributed by atoms with E-state index in [0.717, 1.165) is 11.8 Å². The smallest absolute Gasteiger partial charge is 0.341 e. The minimum absolute atomic E-state index is 0.112. The van der Waals surface area contributed by atoms with E-state index in [0.29, 0.717) is 12.0 Å². The third kappa shape index (κ3) is 2.37. The van der Waals surface area contributed by atoms with Crippen LogP contribution in [0, 0.1) is 0 Å². The molecule has 0 aromatic heterocycles. The number of fused-ring (bicyclic) bond motifs is 1. The predicted molar refractivity (Wildman–Crippen MR) is 67.9 cm³/mol. The number of phenols is 2. The number of aromatic hydroxyl groups is 2. The molecule has 0 saturated heterocycles. The maximum atomic E-state index is 11.7. The second-order valence-corrected chi connectivity index (χ2v) is 4.04. The standard InChI is InChI=1S/C14H14O4/c1-2-5-18-14(17)12-7-10-6-11(15)4-3-9(10)8-13(12)16/h3-4,6-8,15-16H,2,5H2,1H3. The van der Waals surface area contributed by atoms with Gasteiger partial charge in [0.1, 0.15) is 17.1 Å². The number of carbonyl (C=O) groups is 1. The summed E-state index contributed by atoms with van der Waals surface area (Å²) in [6.45, 7) is 2.21. The van der Waals surface area contributed by atoms with Gasteiger partial charge in [0.2, 0.25) is 0 Å². The van der Waals surface area contributed by atoms with Crippen molar-refractivity contribution in [2.24, 2.45) is 0 Å². The second kappa shape index (κ2) is 4.96. The lowest BCUT2D eigenvalue weighted by Gasteiger charge is -2.07. The summed E-state index contributed by atoms with van der Waals surface area (Å²) in [6, 6.07) is 7.73. The molecule has 0 bridgehead atoms. The molecule has 0 fully saturated rings. The van der Waals surface area contributed by atoms with E-state index in [4.69, 9.17) is 4.74 Å². The van der Waals surface area contributed by atoms with Crippen molar-refractivity contribution < 1.29 is 19.7 Å². The summed E-state index contributed by atoms with van der Waals surface area (Å²) in [5.41, 5.74) is 0.113. The van der Waals surface area contributed by atoms with E-state index in [1.165, 1.54) is 24.3 Å². The summed E-state index contributed by atoms with van der Waals surface area (Å²) in [7, 11) is 0. The first kappa shape index (κ1) is 12.2. The SMILES string of the molecule is CCCOC(=O)c1cc2cc(O)ccc2cc1O. The normalized spacial score (nSPS) is 10.5. The molecule has 0 saturated carbocycles. The van der Waals surface area contributed by atoms with Crippen molar-refractivity contribution in [1.29, 1.82) is 0 Å². The number of benzene rings is 2. The maximum Gasteiger partial charge on any atom is 0.341 e. The first-order valence-corrected chi connectivity index (χ1v) is 5.74. The molecule has 2 N–H and O–H groups in total. The number of carbonyl (C=O) groups excluding carboxylic acids is 1. The summed E-state index contributed by atoms with van der Waals surface area (Å²) in [6.07, 6.45) is 0.723. The van der Waals surface area contributed by atoms with Gasteiger partial charge in [-0.15, -0.1) is 0 Å². The van der Waals surface area contributed by atoms with Gasteiger partial charge in [0.15, 0.2) is 0 Å². The van der Waals surface area contributed by atoms with Crippen LogP contribution < -0.4 is 0 Å². The van der Waals surface area contributed by atoms with Gasteiger partial charge in [-0.3, -0.25) is 0 Å². The summed E-state index contributed by atoms with van der Waals surface area (Å²) in [5, 5.41) is 20.6. The number of rotatable bonds is 3. The van der Waals surface area contributed by atoms with Gasteiger partial charge in [-0.25, -0.2) is 4.79 Å². The van der Waals surface area contributed by atoms with Crippen LogP contribution in [0.25, 0.3) is 10.8 Å². The fourth-order valence-electron chi connectivity index (χ4n) is 1.71. The Hall–Kier alpha value is -2.23. The third-order valence-electron chi connectivity index (χ3n) is 2.60. The summed E-state index contributed by atoms with van der Waals surface area (Å²) < 4.78 is 4.98. The molecule has 2 aromatic carbocycles. The maximum absolute atomic E-state index is 11.7. The zero-order valence-electron chi connectivity index (χ0n) is 10.0. The van der Waals surface area contributed by atoms with Gasteiger partial charge in [-0.05, 0) is 41.5 Å². The molecule has 0 radical (unpaired) electrons. The number of phenolic OH excluding ortho intramolecular Hbond substituents is 2. The second-order valence-electron chi connectivity index (χ2n) is 4.04. The number of hydrogen-bond donors (Lipinski definition) is 2. The average molecular weight is 246 g/mol. The molecule has 0 atom stereocenters. The van der Waals surface area contributed by atoms with Crippen LogP contribution in [0.2, 0.25) is 0 Å². The van der Waals surface area contributed by atoms with Crippen molar-refractivity contribution in [3.63, 3.8) is 0 Å².